The summed E-state index contributed by atoms with van der Waals surface area (Å²) in [7, 11) is 0. The van der Waals surface area contributed by atoms with Crippen LogP contribution < -0.4 is 10.2 Å². The Balaban J connectivity index is 1.63. The van der Waals surface area contributed by atoms with Crippen molar-refractivity contribution in [1.29, 1.82) is 5.26 Å². The Bertz CT molecular complexity index is 455. The molecule has 0 aromatic carbocycles. The van der Waals surface area contributed by atoms with Gasteiger partial charge in [-0.3, -0.25) is 4.90 Å². The number of rotatable bonds is 2. The van der Waals surface area contributed by atoms with E-state index >= 15 is 0 Å². The molecule has 1 aromatic heterocycles. The molecular weight excluding hydrogens is 226 g/mol. The molecule has 1 N–H and O–H groups in total. The maximum Gasteiger partial charge on any atom is 0.129 e. The fourth-order valence-corrected chi connectivity index (χ4v) is 2.51. The van der Waals surface area contributed by atoms with Crippen LogP contribution in [0.5, 0.6) is 0 Å². The second kappa shape index (κ2) is 4.92. The molecule has 0 unspecified atom stereocenters. The molecule has 0 aliphatic carbocycles. The van der Waals surface area contributed by atoms with Crippen LogP contribution in [-0.4, -0.2) is 55.2 Å². The molecule has 0 radical (unpaired) electrons. The predicted molar refractivity (Wildman–Crippen MR) is 69.4 cm³/mol. The summed E-state index contributed by atoms with van der Waals surface area (Å²) in [5.74, 6) is 0.931. The third kappa shape index (κ3) is 2.17. The van der Waals surface area contributed by atoms with Crippen LogP contribution in [0.1, 0.15) is 5.56 Å². The number of anilines is 1. The van der Waals surface area contributed by atoms with E-state index in [0.717, 1.165) is 51.1 Å². The lowest BCUT2D eigenvalue weighted by molar-refractivity contribution is 0.137. The molecule has 0 saturated carbocycles. The lowest BCUT2D eigenvalue weighted by Crippen LogP contribution is -2.61. The lowest BCUT2D eigenvalue weighted by Gasteiger charge is -2.43. The molecule has 0 bridgehead atoms. The van der Waals surface area contributed by atoms with Crippen LogP contribution in [0.3, 0.4) is 0 Å². The minimum Gasteiger partial charge on any atom is -0.354 e. The predicted octanol–water partition coefficient (Wildman–Crippen LogP) is 0.0471. The Morgan fingerprint density at radius 1 is 1.28 bits per heavy atom. The molecule has 2 aliphatic heterocycles. The number of hydrogen-bond donors (Lipinski definition) is 1. The van der Waals surface area contributed by atoms with Crippen LogP contribution in [0, 0.1) is 11.3 Å². The highest BCUT2D eigenvalue weighted by molar-refractivity contribution is 5.45. The van der Waals surface area contributed by atoms with Gasteiger partial charge in [-0.25, -0.2) is 4.98 Å². The van der Waals surface area contributed by atoms with Crippen LogP contribution in [-0.2, 0) is 0 Å². The summed E-state index contributed by atoms with van der Waals surface area (Å²) in [5, 5.41) is 12.2. The third-order valence-corrected chi connectivity index (χ3v) is 3.79. The Labute approximate surface area is 107 Å². The molecule has 2 fully saturated rings. The minimum atomic E-state index is 0.686. The maximum atomic E-state index is 8.90. The van der Waals surface area contributed by atoms with E-state index < -0.39 is 0 Å². The van der Waals surface area contributed by atoms with Gasteiger partial charge in [0.25, 0.3) is 0 Å². The molecular formula is C13H17N5. The second-order valence-corrected chi connectivity index (χ2v) is 4.85. The summed E-state index contributed by atoms with van der Waals surface area (Å²) in [6.07, 6.45) is 1.72. The summed E-state index contributed by atoms with van der Waals surface area (Å²) < 4.78 is 0. The van der Waals surface area contributed by atoms with Gasteiger partial charge in [0.1, 0.15) is 5.82 Å². The van der Waals surface area contributed by atoms with Crippen molar-refractivity contribution in [3.63, 3.8) is 0 Å². The number of nitriles is 1. The first kappa shape index (κ1) is 11.5. The first-order valence-electron chi connectivity index (χ1n) is 6.43. The first-order chi connectivity index (χ1) is 8.86. The molecule has 0 amide bonds. The topological polar surface area (TPSA) is 55.2 Å². The normalized spacial score (nSPS) is 21.4. The van der Waals surface area contributed by atoms with E-state index in [0.29, 0.717) is 5.56 Å². The summed E-state index contributed by atoms with van der Waals surface area (Å²) in [5.41, 5.74) is 0.686. The number of pyridine rings is 1. The third-order valence-electron chi connectivity index (χ3n) is 3.79. The highest BCUT2D eigenvalue weighted by atomic mass is 15.3. The van der Waals surface area contributed by atoms with E-state index in [-0.39, 0.29) is 0 Å². The molecule has 2 aliphatic rings. The van der Waals surface area contributed by atoms with E-state index in [1.165, 1.54) is 0 Å². The molecule has 0 atom stereocenters. The fraction of sp³-hybridized carbons (Fsp3) is 0.538. The van der Waals surface area contributed by atoms with Crippen LogP contribution in [0.25, 0.3) is 0 Å². The van der Waals surface area contributed by atoms with E-state index in [2.05, 4.69) is 26.2 Å². The zero-order valence-corrected chi connectivity index (χ0v) is 10.3. The standard InChI is InChI=1S/C13H17N5/c14-8-11-1-2-16-13(7-11)18-5-3-17(4-6-18)12-9-15-10-12/h1-2,7,12,15H,3-6,9-10H2. The second-order valence-electron chi connectivity index (χ2n) is 4.85. The van der Waals surface area contributed by atoms with E-state index in [1.54, 1.807) is 12.3 Å². The Hall–Kier alpha value is -1.64. The smallest absolute Gasteiger partial charge is 0.129 e. The number of hydrogen-bond acceptors (Lipinski definition) is 5. The van der Waals surface area contributed by atoms with E-state index in [9.17, 15) is 0 Å². The van der Waals surface area contributed by atoms with E-state index in [4.69, 9.17) is 5.26 Å². The van der Waals surface area contributed by atoms with Crippen molar-refractivity contribution in [2.45, 2.75) is 6.04 Å². The highest BCUT2D eigenvalue weighted by Gasteiger charge is 2.27. The molecule has 3 heterocycles. The summed E-state index contributed by atoms with van der Waals surface area (Å²) in [6.45, 7) is 6.43. The highest BCUT2D eigenvalue weighted by Crippen LogP contribution is 2.16. The molecule has 5 nitrogen and oxygen atoms in total. The fourth-order valence-electron chi connectivity index (χ4n) is 2.51. The van der Waals surface area contributed by atoms with Gasteiger partial charge in [-0.05, 0) is 12.1 Å². The van der Waals surface area contributed by atoms with Crippen molar-refractivity contribution in [3.8, 4) is 6.07 Å². The summed E-state index contributed by atoms with van der Waals surface area (Å²) in [4.78, 5) is 9.17. The summed E-state index contributed by atoms with van der Waals surface area (Å²) in [6, 6.07) is 6.52. The largest absolute Gasteiger partial charge is 0.354 e. The van der Waals surface area contributed by atoms with Crippen molar-refractivity contribution in [3.05, 3.63) is 23.9 Å². The van der Waals surface area contributed by atoms with Crippen LogP contribution in [0.2, 0.25) is 0 Å². The van der Waals surface area contributed by atoms with Gasteiger partial charge in [0.15, 0.2) is 0 Å². The van der Waals surface area contributed by atoms with Crippen LogP contribution >= 0.6 is 0 Å². The van der Waals surface area contributed by atoms with Crippen molar-refractivity contribution >= 4 is 5.82 Å². The molecule has 5 heteroatoms. The lowest BCUT2D eigenvalue weighted by atomic mass is 10.1. The molecule has 94 valence electrons. The van der Waals surface area contributed by atoms with Gasteiger partial charge in [-0.15, -0.1) is 0 Å². The van der Waals surface area contributed by atoms with Crippen molar-refractivity contribution < 1.29 is 0 Å². The zero-order chi connectivity index (χ0) is 12.4. The zero-order valence-electron chi connectivity index (χ0n) is 10.3. The van der Waals surface area contributed by atoms with E-state index in [1.807, 2.05) is 6.07 Å². The number of nitrogens with zero attached hydrogens (tertiary/aromatic N) is 4. The number of aromatic nitrogens is 1. The Morgan fingerprint density at radius 3 is 2.67 bits per heavy atom. The van der Waals surface area contributed by atoms with Crippen molar-refractivity contribution in [1.82, 2.24) is 15.2 Å². The molecule has 3 rings (SSSR count). The van der Waals surface area contributed by atoms with Gasteiger partial charge in [-0.2, -0.15) is 5.26 Å². The van der Waals surface area contributed by atoms with Gasteiger partial charge in [0, 0.05) is 51.5 Å². The molecule has 18 heavy (non-hydrogen) atoms. The number of piperazine rings is 1. The number of nitrogens with one attached hydrogen (secondary N) is 1. The summed E-state index contributed by atoms with van der Waals surface area (Å²) >= 11 is 0. The molecule has 2 saturated heterocycles. The average Bonchev–Trinajstić information content (AvgIpc) is 2.38. The quantitative estimate of drug-likeness (QED) is 0.795. The molecule has 0 spiro atoms. The molecule has 1 aromatic rings. The van der Waals surface area contributed by atoms with Gasteiger partial charge in [0.2, 0.25) is 0 Å². The van der Waals surface area contributed by atoms with Crippen molar-refractivity contribution in [2.24, 2.45) is 0 Å². The SMILES string of the molecule is N#Cc1ccnc(N2CCN(C3CNC3)CC2)c1. The average molecular weight is 243 g/mol. The minimum absolute atomic E-state index is 0.686. The van der Waals surface area contributed by atoms with Gasteiger partial charge in [0.05, 0.1) is 11.6 Å². The van der Waals surface area contributed by atoms with Crippen LogP contribution in [0.4, 0.5) is 5.82 Å². The Morgan fingerprint density at radius 2 is 2.06 bits per heavy atom. The Kier molecular flexibility index (Phi) is 3.13. The van der Waals surface area contributed by atoms with Crippen molar-refractivity contribution in [2.75, 3.05) is 44.2 Å². The van der Waals surface area contributed by atoms with Gasteiger partial charge < -0.3 is 10.2 Å². The van der Waals surface area contributed by atoms with Crippen LogP contribution in [0.15, 0.2) is 18.3 Å². The van der Waals surface area contributed by atoms with Gasteiger partial charge in [-0.1, -0.05) is 0 Å². The monoisotopic (exact) mass is 243 g/mol. The van der Waals surface area contributed by atoms with Gasteiger partial charge >= 0.3 is 0 Å². The first-order valence-corrected chi connectivity index (χ1v) is 6.43. The maximum absolute atomic E-state index is 8.90.